The standard InChI is InChI=1S/C19H22FN5O/c1-21-19(25-12-14-4-3-8-22-18(14)26-2)23-9-7-13-11-24-17-6-5-15(20)10-16(13)17/h3-6,8,10-11,24H,7,9,12H2,1-2H3,(H2,21,23,25). The number of rotatable bonds is 6. The second-order valence-corrected chi connectivity index (χ2v) is 5.78. The lowest BCUT2D eigenvalue weighted by Crippen LogP contribution is -2.37. The molecule has 1 aromatic carbocycles. The molecule has 6 nitrogen and oxygen atoms in total. The first-order valence-electron chi connectivity index (χ1n) is 8.39. The van der Waals surface area contributed by atoms with Crippen molar-refractivity contribution >= 4 is 16.9 Å². The van der Waals surface area contributed by atoms with Crippen LogP contribution in [-0.2, 0) is 13.0 Å². The average molecular weight is 355 g/mol. The molecule has 2 heterocycles. The molecule has 0 saturated carbocycles. The van der Waals surface area contributed by atoms with E-state index in [9.17, 15) is 4.39 Å². The predicted octanol–water partition coefficient (Wildman–Crippen LogP) is 2.62. The van der Waals surface area contributed by atoms with E-state index in [-0.39, 0.29) is 5.82 Å². The zero-order valence-electron chi connectivity index (χ0n) is 14.8. The number of hydrogen-bond donors (Lipinski definition) is 3. The Hall–Kier alpha value is -3.09. The molecule has 0 radical (unpaired) electrons. The van der Waals surface area contributed by atoms with Gasteiger partial charge in [-0.05, 0) is 36.2 Å². The fourth-order valence-corrected chi connectivity index (χ4v) is 2.82. The zero-order valence-corrected chi connectivity index (χ0v) is 14.8. The summed E-state index contributed by atoms with van der Waals surface area (Å²) in [6, 6.07) is 8.59. The highest BCUT2D eigenvalue weighted by Crippen LogP contribution is 2.19. The Bertz CT molecular complexity index is 906. The summed E-state index contributed by atoms with van der Waals surface area (Å²) in [4.78, 5) is 11.6. The zero-order chi connectivity index (χ0) is 18.4. The SMILES string of the molecule is CN=C(NCCc1c[nH]c2ccc(F)cc12)NCc1cccnc1OC. The molecule has 26 heavy (non-hydrogen) atoms. The number of H-pyrrole nitrogens is 1. The quantitative estimate of drug-likeness (QED) is 0.469. The highest BCUT2D eigenvalue weighted by molar-refractivity contribution is 5.83. The van der Waals surface area contributed by atoms with Gasteiger partial charge in [0.1, 0.15) is 5.82 Å². The van der Waals surface area contributed by atoms with Gasteiger partial charge in [-0.25, -0.2) is 9.37 Å². The minimum atomic E-state index is -0.228. The van der Waals surface area contributed by atoms with Crippen molar-refractivity contribution in [3.05, 3.63) is 59.7 Å². The normalized spacial score (nSPS) is 11.6. The third-order valence-electron chi connectivity index (χ3n) is 4.13. The molecule has 0 aliphatic carbocycles. The number of ether oxygens (including phenoxy) is 1. The number of nitrogens with one attached hydrogen (secondary N) is 3. The van der Waals surface area contributed by atoms with Gasteiger partial charge in [0.15, 0.2) is 5.96 Å². The smallest absolute Gasteiger partial charge is 0.218 e. The van der Waals surface area contributed by atoms with Crippen molar-refractivity contribution in [3.63, 3.8) is 0 Å². The summed E-state index contributed by atoms with van der Waals surface area (Å²) in [5.41, 5.74) is 2.95. The molecular weight excluding hydrogens is 333 g/mol. The van der Waals surface area contributed by atoms with Crippen molar-refractivity contribution in [1.29, 1.82) is 0 Å². The number of fused-ring (bicyclic) bond motifs is 1. The largest absolute Gasteiger partial charge is 0.481 e. The van der Waals surface area contributed by atoms with Crippen LogP contribution in [0.3, 0.4) is 0 Å². The maximum absolute atomic E-state index is 13.4. The summed E-state index contributed by atoms with van der Waals surface area (Å²) >= 11 is 0. The van der Waals surface area contributed by atoms with Crippen LogP contribution in [0.4, 0.5) is 4.39 Å². The van der Waals surface area contributed by atoms with E-state index in [2.05, 4.69) is 25.6 Å². The molecule has 136 valence electrons. The number of aromatic amines is 1. The first kappa shape index (κ1) is 17.7. The van der Waals surface area contributed by atoms with Gasteiger partial charge in [0.2, 0.25) is 5.88 Å². The molecular formula is C19H22FN5O. The fraction of sp³-hybridized carbons (Fsp3) is 0.263. The topological polar surface area (TPSA) is 74.3 Å². The van der Waals surface area contributed by atoms with Crippen LogP contribution in [0.25, 0.3) is 10.9 Å². The minimum absolute atomic E-state index is 0.228. The third-order valence-corrected chi connectivity index (χ3v) is 4.13. The van der Waals surface area contributed by atoms with Crippen LogP contribution in [0.1, 0.15) is 11.1 Å². The van der Waals surface area contributed by atoms with Gasteiger partial charge in [0.05, 0.1) is 7.11 Å². The Morgan fingerprint density at radius 2 is 2.15 bits per heavy atom. The summed E-state index contributed by atoms with van der Waals surface area (Å²) in [5.74, 6) is 1.05. The minimum Gasteiger partial charge on any atom is -0.481 e. The summed E-state index contributed by atoms with van der Waals surface area (Å²) in [7, 11) is 3.32. The Balaban J connectivity index is 1.55. The van der Waals surface area contributed by atoms with Crippen LogP contribution in [0.5, 0.6) is 5.88 Å². The average Bonchev–Trinajstić information content (AvgIpc) is 3.06. The van der Waals surface area contributed by atoms with Crippen LogP contribution in [-0.4, -0.2) is 36.6 Å². The number of aliphatic imine (C=N–C) groups is 1. The van der Waals surface area contributed by atoms with Crippen LogP contribution >= 0.6 is 0 Å². The summed E-state index contributed by atoms with van der Waals surface area (Å²) in [5, 5.41) is 7.41. The Morgan fingerprint density at radius 1 is 1.27 bits per heavy atom. The number of benzene rings is 1. The molecule has 0 bridgehead atoms. The van der Waals surface area contributed by atoms with Gasteiger partial charge in [-0.2, -0.15) is 0 Å². The molecule has 0 fully saturated rings. The molecule has 0 spiro atoms. The second kappa shape index (κ2) is 8.33. The van der Waals surface area contributed by atoms with E-state index in [1.165, 1.54) is 6.07 Å². The van der Waals surface area contributed by atoms with Crippen LogP contribution in [0.15, 0.2) is 47.7 Å². The molecule has 7 heteroatoms. The summed E-state index contributed by atoms with van der Waals surface area (Å²) in [6.07, 6.45) is 4.36. The summed E-state index contributed by atoms with van der Waals surface area (Å²) < 4.78 is 18.7. The van der Waals surface area contributed by atoms with Crippen LogP contribution in [0.2, 0.25) is 0 Å². The Kier molecular flexibility index (Phi) is 5.68. The molecule has 3 aromatic rings. The lowest BCUT2D eigenvalue weighted by Gasteiger charge is -2.13. The van der Waals surface area contributed by atoms with Gasteiger partial charge >= 0.3 is 0 Å². The first-order valence-corrected chi connectivity index (χ1v) is 8.39. The number of aromatic nitrogens is 2. The molecule has 2 aromatic heterocycles. The molecule has 0 unspecified atom stereocenters. The number of halogens is 1. The molecule has 0 aliphatic heterocycles. The fourth-order valence-electron chi connectivity index (χ4n) is 2.82. The molecule has 3 rings (SSSR count). The second-order valence-electron chi connectivity index (χ2n) is 5.78. The van der Waals surface area contributed by atoms with Crippen LogP contribution < -0.4 is 15.4 Å². The highest BCUT2D eigenvalue weighted by Gasteiger charge is 2.07. The highest BCUT2D eigenvalue weighted by atomic mass is 19.1. The molecule has 0 amide bonds. The summed E-state index contributed by atoms with van der Waals surface area (Å²) in [6.45, 7) is 1.22. The van der Waals surface area contributed by atoms with E-state index in [1.54, 1.807) is 32.5 Å². The van der Waals surface area contributed by atoms with Crippen molar-refractivity contribution in [3.8, 4) is 5.88 Å². The maximum atomic E-state index is 13.4. The van der Waals surface area contributed by atoms with E-state index < -0.39 is 0 Å². The van der Waals surface area contributed by atoms with Crippen molar-refractivity contribution in [2.75, 3.05) is 20.7 Å². The number of hydrogen-bond acceptors (Lipinski definition) is 3. The van der Waals surface area contributed by atoms with E-state index in [4.69, 9.17) is 4.74 Å². The van der Waals surface area contributed by atoms with E-state index >= 15 is 0 Å². The van der Waals surface area contributed by atoms with Crippen LogP contribution in [0, 0.1) is 5.82 Å². The van der Waals surface area contributed by atoms with Gasteiger partial charge in [-0.3, -0.25) is 4.99 Å². The molecule has 3 N–H and O–H groups in total. The lowest BCUT2D eigenvalue weighted by atomic mass is 10.1. The van der Waals surface area contributed by atoms with E-state index in [0.717, 1.165) is 28.5 Å². The van der Waals surface area contributed by atoms with Crippen molar-refractivity contribution < 1.29 is 9.13 Å². The predicted molar refractivity (Wildman–Crippen MR) is 101 cm³/mol. The monoisotopic (exact) mass is 355 g/mol. The van der Waals surface area contributed by atoms with Gasteiger partial charge in [0.25, 0.3) is 0 Å². The van der Waals surface area contributed by atoms with Gasteiger partial charge < -0.3 is 20.4 Å². The Morgan fingerprint density at radius 3 is 2.96 bits per heavy atom. The van der Waals surface area contributed by atoms with E-state index in [1.807, 2.05) is 18.3 Å². The van der Waals surface area contributed by atoms with Gasteiger partial charge in [-0.15, -0.1) is 0 Å². The number of pyridine rings is 1. The van der Waals surface area contributed by atoms with E-state index in [0.29, 0.717) is 24.9 Å². The van der Waals surface area contributed by atoms with Crippen molar-refractivity contribution in [2.45, 2.75) is 13.0 Å². The lowest BCUT2D eigenvalue weighted by molar-refractivity contribution is 0.392. The van der Waals surface area contributed by atoms with Crippen molar-refractivity contribution in [1.82, 2.24) is 20.6 Å². The number of guanidine groups is 1. The molecule has 0 aliphatic rings. The number of methoxy groups -OCH3 is 1. The van der Waals surface area contributed by atoms with Gasteiger partial charge in [0, 0.05) is 49.0 Å². The van der Waals surface area contributed by atoms with Gasteiger partial charge in [-0.1, -0.05) is 6.07 Å². The van der Waals surface area contributed by atoms with Crippen molar-refractivity contribution in [2.24, 2.45) is 4.99 Å². The number of nitrogens with zero attached hydrogens (tertiary/aromatic N) is 2. The maximum Gasteiger partial charge on any atom is 0.218 e. The molecule has 0 atom stereocenters. The third kappa shape index (κ3) is 4.11. The Labute approximate surface area is 151 Å². The first-order chi connectivity index (χ1) is 12.7. The molecule has 0 saturated heterocycles.